The first kappa shape index (κ1) is 13.2. The fraction of sp³-hybridized carbons (Fsp3) is 0.727. The van der Waals surface area contributed by atoms with Gasteiger partial charge in [0.1, 0.15) is 0 Å². The number of aliphatic hydroxyl groups is 1. The highest BCUT2D eigenvalue weighted by molar-refractivity contribution is 5.75. The molecule has 5 heteroatoms. The van der Waals surface area contributed by atoms with E-state index in [0.29, 0.717) is 6.42 Å². The summed E-state index contributed by atoms with van der Waals surface area (Å²) in [6.07, 6.45) is 3.68. The molecule has 0 aromatic heterocycles. The Hall–Kier alpha value is -0.910. The van der Waals surface area contributed by atoms with Crippen LogP contribution < -0.4 is 0 Å². The number of aliphatic hydroxyl groups excluding tert-OH is 1. The number of carboxylic acids is 1. The van der Waals surface area contributed by atoms with Crippen molar-refractivity contribution in [2.75, 3.05) is 13.2 Å². The molecular weight excluding hydrogens is 212 g/mol. The molecule has 0 radical (unpaired) electrons. The second kappa shape index (κ2) is 5.43. The molecule has 1 aliphatic heterocycles. The second-order valence-electron chi connectivity index (χ2n) is 4.01. The van der Waals surface area contributed by atoms with Crippen molar-refractivity contribution in [3.63, 3.8) is 0 Å². The lowest BCUT2D eigenvalue weighted by molar-refractivity contribution is -0.277. The molecule has 0 aromatic rings. The Kier molecular flexibility index (Phi) is 4.46. The third-order valence-corrected chi connectivity index (χ3v) is 2.69. The highest BCUT2D eigenvalue weighted by Gasteiger charge is 2.41. The van der Waals surface area contributed by atoms with Crippen LogP contribution in [-0.2, 0) is 14.3 Å². The van der Waals surface area contributed by atoms with Gasteiger partial charge in [-0.15, -0.1) is 0 Å². The third-order valence-electron chi connectivity index (χ3n) is 2.69. The largest absolute Gasteiger partial charge is 0.477 e. The van der Waals surface area contributed by atoms with E-state index in [0.717, 1.165) is 0 Å². The van der Waals surface area contributed by atoms with Gasteiger partial charge in [-0.1, -0.05) is 12.2 Å². The smallest absolute Gasteiger partial charge is 0.364 e. The molecule has 0 spiro atoms. The molecule has 0 amide bonds. The van der Waals surface area contributed by atoms with Crippen LogP contribution in [-0.4, -0.2) is 41.3 Å². The van der Waals surface area contributed by atoms with Gasteiger partial charge in [0.05, 0.1) is 19.3 Å². The summed E-state index contributed by atoms with van der Waals surface area (Å²) in [6, 6.07) is 0. The van der Waals surface area contributed by atoms with Gasteiger partial charge < -0.3 is 19.7 Å². The SMILES string of the molecule is CC=CCC(O)C1COC(C)(C(=O)O)OC1. The molecule has 1 aliphatic rings. The first-order valence-electron chi connectivity index (χ1n) is 5.30. The maximum atomic E-state index is 10.8. The van der Waals surface area contributed by atoms with Crippen LogP contribution in [0.5, 0.6) is 0 Å². The Morgan fingerprint density at radius 2 is 2.12 bits per heavy atom. The molecule has 0 aromatic carbocycles. The van der Waals surface area contributed by atoms with E-state index in [1.54, 1.807) is 0 Å². The first-order valence-corrected chi connectivity index (χ1v) is 5.30. The molecule has 0 saturated carbocycles. The van der Waals surface area contributed by atoms with Crippen LogP contribution in [0.3, 0.4) is 0 Å². The van der Waals surface area contributed by atoms with E-state index in [1.807, 2.05) is 19.1 Å². The lowest BCUT2D eigenvalue weighted by Gasteiger charge is -2.35. The molecule has 16 heavy (non-hydrogen) atoms. The molecule has 1 heterocycles. The monoisotopic (exact) mass is 230 g/mol. The van der Waals surface area contributed by atoms with Crippen LogP contribution in [0.4, 0.5) is 0 Å². The normalized spacial score (nSPS) is 32.8. The zero-order valence-electron chi connectivity index (χ0n) is 9.55. The van der Waals surface area contributed by atoms with Gasteiger partial charge in [0.2, 0.25) is 0 Å². The predicted octanol–water partition coefficient (Wildman–Crippen LogP) is 0.777. The Morgan fingerprint density at radius 1 is 1.56 bits per heavy atom. The van der Waals surface area contributed by atoms with E-state index < -0.39 is 17.9 Å². The standard InChI is InChI=1S/C11H18O5/c1-3-4-5-9(12)8-6-15-11(2,10(13)14)16-7-8/h3-4,8-9,12H,5-7H2,1-2H3,(H,13,14). The average molecular weight is 230 g/mol. The van der Waals surface area contributed by atoms with Crippen molar-refractivity contribution in [3.8, 4) is 0 Å². The number of allylic oxidation sites excluding steroid dienone is 1. The zero-order chi connectivity index (χ0) is 12.2. The number of hydrogen-bond acceptors (Lipinski definition) is 4. The van der Waals surface area contributed by atoms with E-state index in [2.05, 4.69) is 0 Å². The van der Waals surface area contributed by atoms with E-state index in [9.17, 15) is 9.90 Å². The number of ether oxygens (including phenoxy) is 2. The summed E-state index contributed by atoms with van der Waals surface area (Å²) >= 11 is 0. The molecule has 0 aliphatic carbocycles. The van der Waals surface area contributed by atoms with Gasteiger partial charge in [-0.3, -0.25) is 0 Å². The van der Waals surface area contributed by atoms with Crippen molar-refractivity contribution in [2.24, 2.45) is 5.92 Å². The van der Waals surface area contributed by atoms with E-state index in [-0.39, 0.29) is 19.1 Å². The fourth-order valence-corrected chi connectivity index (χ4v) is 1.44. The molecule has 1 saturated heterocycles. The maximum absolute atomic E-state index is 10.8. The average Bonchev–Trinajstić information content (AvgIpc) is 2.26. The summed E-state index contributed by atoms with van der Waals surface area (Å²) < 4.78 is 10.3. The number of carbonyl (C=O) groups is 1. The minimum atomic E-state index is -1.57. The van der Waals surface area contributed by atoms with Gasteiger partial charge >= 0.3 is 5.97 Å². The lowest BCUT2D eigenvalue weighted by Crippen LogP contribution is -2.50. The van der Waals surface area contributed by atoms with Gasteiger partial charge in [0.25, 0.3) is 5.79 Å². The lowest BCUT2D eigenvalue weighted by atomic mass is 10.00. The van der Waals surface area contributed by atoms with E-state index >= 15 is 0 Å². The van der Waals surface area contributed by atoms with Crippen molar-refractivity contribution < 1.29 is 24.5 Å². The quantitative estimate of drug-likeness (QED) is 0.698. The molecular formula is C11H18O5. The molecule has 92 valence electrons. The summed E-state index contributed by atoms with van der Waals surface area (Å²) in [6.45, 7) is 3.63. The van der Waals surface area contributed by atoms with E-state index in [1.165, 1.54) is 6.92 Å². The molecule has 1 atom stereocenters. The molecule has 1 fully saturated rings. The third kappa shape index (κ3) is 3.04. The summed E-state index contributed by atoms with van der Waals surface area (Å²) in [4.78, 5) is 10.8. The summed E-state index contributed by atoms with van der Waals surface area (Å²) in [7, 11) is 0. The topological polar surface area (TPSA) is 76.0 Å². The molecule has 0 bridgehead atoms. The zero-order valence-corrected chi connectivity index (χ0v) is 9.55. The van der Waals surface area contributed by atoms with Crippen molar-refractivity contribution in [2.45, 2.75) is 32.2 Å². The van der Waals surface area contributed by atoms with Crippen molar-refractivity contribution in [1.29, 1.82) is 0 Å². The summed E-state index contributed by atoms with van der Waals surface area (Å²) in [5, 5.41) is 18.6. The second-order valence-corrected chi connectivity index (χ2v) is 4.01. The van der Waals surface area contributed by atoms with Crippen LogP contribution in [0.1, 0.15) is 20.3 Å². The van der Waals surface area contributed by atoms with E-state index in [4.69, 9.17) is 14.6 Å². The Balaban J connectivity index is 2.45. The molecule has 1 unspecified atom stereocenters. The number of carboxylic acid groups (broad SMARTS) is 1. The Morgan fingerprint density at radius 3 is 2.56 bits per heavy atom. The molecule has 2 N–H and O–H groups in total. The number of rotatable bonds is 4. The van der Waals surface area contributed by atoms with Crippen LogP contribution in [0.2, 0.25) is 0 Å². The van der Waals surface area contributed by atoms with Crippen molar-refractivity contribution in [3.05, 3.63) is 12.2 Å². The van der Waals surface area contributed by atoms with Gasteiger partial charge in [-0.2, -0.15) is 0 Å². The number of hydrogen-bond donors (Lipinski definition) is 2. The minimum Gasteiger partial charge on any atom is -0.477 e. The van der Waals surface area contributed by atoms with Gasteiger partial charge in [0.15, 0.2) is 0 Å². The fourth-order valence-electron chi connectivity index (χ4n) is 1.44. The van der Waals surface area contributed by atoms with Crippen LogP contribution in [0.25, 0.3) is 0 Å². The van der Waals surface area contributed by atoms with Crippen LogP contribution in [0, 0.1) is 5.92 Å². The van der Waals surface area contributed by atoms with Crippen molar-refractivity contribution >= 4 is 5.97 Å². The van der Waals surface area contributed by atoms with Crippen LogP contribution >= 0.6 is 0 Å². The molecule has 5 nitrogen and oxygen atoms in total. The Labute approximate surface area is 94.7 Å². The number of aliphatic carboxylic acids is 1. The molecule has 1 rings (SSSR count). The Bertz CT molecular complexity index is 266. The van der Waals surface area contributed by atoms with Crippen LogP contribution in [0.15, 0.2) is 12.2 Å². The van der Waals surface area contributed by atoms with Gasteiger partial charge in [-0.25, -0.2) is 4.79 Å². The maximum Gasteiger partial charge on any atom is 0.364 e. The highest BCUT2D eigenvalue weighted by Crippen LogP contribution is 2.24. The minimum absolute atomic E-state index is 0.177. The summed E-state index contributed by atoms with van der Waals surface area (Å²) in [5.41, 5.74) is 0. The predicted molar refractivity (Wildman–Crippen MR) is 56.9 cm³/mol. The van der Waals surface area contributed by atoms with Gasteiger partial charge in [0, 0.05) is 12.8 Å². The summed E-state index contributed by atoms with van der Waals surface area (Å²) in [5.74, 6) is -2.89. The van der Waals surface area contributed by atoms with Gasteiger partial charge in [-0.05, 0) is 13.3 Å². The first-order chi connectivity index (χ1) is 7.49. The highest BCUT2D eigenvalue weighted by atomic mass is 16.7. The van der Waals surface area contributed by atoms with Crippen molar-refractivity contribution in [1.82, 2.24) is 0 Å².